The minimum atomic E-state index is -1.64. The summed E-state index contributed by atoms with van der Waals surface area (Å²) in [6.07, 6.45) is 8.36. The Hall–Kier alpha value is -2.57. The summed E-state index contributed by atoms with van der Waals surface area (Å²) in [6.45, 7) is 1.87. The van der Waals surface area contributed by atoms with E-state index < -0.39 is 11.8 Å². The summed E-state index contributed by atoms with van der Waals surface area (Å²) in [5, 5.41) is 29.8. The molecule has 0 fully saturated rings. The first-order chi connectivity index (χ1) is 12.9. The highest BCUT2D eigenvalue weighted by Crippen LogP contribution is 2.43. The van der Waals surface area contributed by atoms with Crippen molar-refractivity contribution in [2.45, 2.75) is 38.4 Å². The number of ether oxygens (including phenoxy) is 2. The Kier molecular flexibility index (Phi) is 5.68. The van der Waals surface area contributed by atoms with Crippen molar-refractivity contribution in [1.82, 2.24) is 0 Å². The van der Waals surface area contributed by atoms with E-state index in [-0.39, 0.29) is 30.3 Å². The van der Waals surface area contributed by atoms with Gasteiger partial charge in [0.2, 0.25) is 0 Å². The molecule has 0 radical (unpaired) electrons. The SMILES string of the molecule is C/C1=C\CCC2=CC(c3cc(O)ccc3O)(OC/C(CO)=C/CC1)OC2=O. The molecule has 1 aromatic rings. The van der Waals surface area contributed by atoms with E-state index in [9.17, 15) is 20.1 Å². The van der Waals surface area contributed by atoms with E-state index >= 15 is 0 Å². The van der Waals surface area contributed by atoms with Crippen molar-refractivity contribution in [3.8, 4) is 11.5 Å². The Balaban J connectivity index is 2.05. The van der Waals surface area contributed by atoms with Crippen LogP contribution < -0.4 is 0 Å². The summed E-state index contributed by atoms with van der Waals surface area (Å²) in [7, 11) is 0. The van der Waals surface area contributed by atoms with E-state index in [1.165, 1.54) is 23.8 Å². The maximum absolute atomic E-state index is 12.4. The predicted octanol–water partition coefficient (Wildman–Crippen LogP) is 3.19. The van der Waals surface area contributed by atoms with Gasteiger partial charge >= 0.3 is 5.97 Å². The molecule has 0 aliphatic carbocycles. The number of hydrogen-bond donors (Lipinski definition) is 3. The number of fused-ring (bicyclic) bond motifs is 1. The lowest BCUT2D eigenvalue weighted by Gasteiger charge is -2.28. The number of phenols is 2. The standard InChI is InChI=1S/C21H24O6/c1-14-4-2-6-15(12-22)13-26-21(18-10-17(23)8-9-19(18)24)11-16(7-3-5-14)20(25)27-21/h5-6,8-11,22-24H,2-4,7,12-13H2,1H3/b14-5+,15-6+. The number of aliphatic hydroxyl groups is 1. The number of rotatable bonds is 2. The Morgan fingerprint density at radius 3 is 2.70 bits per heavy atom. The lowest BCUT2D eigenvalue weighted by Crippen LogP contribution is -2.30. The predicted molar refractivity (Wildman–Crippen MR) is 99.0 cm³/mol. The monoisotopic (exact) mass is 372 g/mol. The molecule has 0 saturated carbocycles. The van der Waals surface area contributed by atoms with Gasteiger partial charge in [-0.05, 0) is 56.4 Å². The quantitative estimate of drug-likeness (QED) is 0.419. The van der Waals surface area contributed by atoms with Gasteiger partial charge in [-0.15, -0.1) is 0 Å². The van der Waals surface area contributed by atoms with Crippen molar-refractivity contribution in [1.29, 1.82) is 0 Å². The molecule has 2 aliphatic heterocycles. The zero-order valence-electron chi connectivity index (χ0n) is 15.3. The van der Waals surface area contributed by atoms with Gasteiger partial charge in [0.05, 0.1) is 18.8 Å². The Bertz CT molecular complexity index is 820. The molecule has 2 bridgehead atoms. The molecule has 144 valence electrons. The second-order valence-corrected chi connectivity index (χ2v) is 6.87. The van der Waals surface area contributed by atoms with Crippen LogP contribution in [-0.2, 0) is 20.1 Å². The van der Waals surface area contributed by atoms with Crippen molar-refractivity contribution < 1.29 is 29.6 Å². The van der Waals surface area contributed by atoms with Gasteiger partial charge in [0.15, 0.2) is 0 Å². The third-order valence-corrected chi connectivity index (χ3v) is 4.78. The molecule has 1 atom stereocenters. The fourth-order valence-electron chi connectivity index (χ4n) is 3.23. The van der Waals surface area contributed by atoms with E-state index in [0.717, 1.165) is 12.8 Å². The van der Waals surface area contributed by atoms with Crippen LogP contribution in [0.25, 0.3) is 0 Å². The molecule has 0 aromatic heterocycles. The van der Waals surface area contributed by atoms with Gasteiger partial charge in [-0.2, -0.15) is 0 Å². The van der Waals surface area contributed by atoms with E-state index in [0.29, 0.717) is 24.0 Å². The number of phenolic OH excluding ortho intramolecular Hbond substituents is 2. The number of benzene rings is 1. The first-order valence-corrected chi connectivity index (χ1v) is 8.99. The highest BCUT2D eigenvalue weighted by molar-refractivity contribution is 5.91. The van der Waals surface area contributed by atoms with Crippen LogP contribution in [0.2, 0.25) is 0 Å². The van der Waals surface area contributed by atoms with Crippen LogP contribution in [0.15, 0.2) is 53.1 Å². The summed E-state index contributed by atoms with van der Waals surface area (Å²) >= 11 is 0. The maximum atomic E-state index is 12.4. The molecule has 2 aliphatic rings. The van der Waals surface area contributed by atoms with Gasteiger partial charge < -0.3 is 24.8 Å². The van der Waals surface area contributed by atoms with Crippen LogP contribution in [0.3, 0.4) is 0 Å². The second kappa shape index (κ2) is 7.98. The highest BCUT2D eigenvalue weighted by Gasteiger charge is 2.45. The van der Waals surface area contributed by atoms with Crippen LogP contribution in [0, 0.1) is 0 Å². The van der Waals surface area contributed by atoms with Crippen molar-refractivity contribution in [2.75, 3.05) is 13.2 Å². The van der Waals surface area contributed by atoms with Crippen molar-refractivity contribution in [2.24, 2.45) is 0 Å². The molecule has 0 amide bonds. The Morgan fingerprint density at radius 1 is 1.15 bits per heavy atom. The summed E-state index contributed by atoms with van der Waals surface area (Å²) in [4.78, 5) is 12.4. The Morgan fingerprint density at radius 2 is 1.93 bits per heavy atom. The molecule has 1 unspecified atom stereocenters. The molecule has 1 aromatic carbocycles. The molecule has 27 heavy (non-hydrogen) atoms. The molecule has 6 heteroatoms. The molecular formula is C21H24O6. The van der Waals surface area contributed by atoms with Gasteiger partial charge in [-0.3, -0.25) is 0 Å². The van der Waals surface area contributed by atoms with E-state index in [4.69, 9.17) is 9.47 Å². The number of aliphatic hydroxyl groups excluding tert-OH is 1. The molecule has 6 nitrogen and oxygen atoms in total. The lowest BCUT2D eigenvalue weighted by molar-refractivity contribution is -0.201. The second-order valence-electron chi connectivity index (χ2n) is 6.87. The van der Waals surface area contributed by atoms with Gasteiger partial charge in [0, 0.05) is 11.6 Å². The maximum Gasteiger partial charge on any atom is 0.336 e. The minimum Gasteiger partial charge on any atom is -0.508 e. The molecule has 0 spiro atoms. The first kappa shape index (κ1) is 19.2. The van der Waals surface area contributed by atoms with E-state index in [1.807, 2.05) is 13.0 Å². The summed E-state index contributed by atoms with van der Waals surface area (Å²) in [5.74, 6) is -2.41. The largest absolute Gasteiger partial charge is 0.508 e. The van der Waals surface area contributed by atoms with Gasteiger partial charge in [0.1, 0.15) is 11.5 Å². The topological polar surface area (TPSA) is 96.2 Å². The summed E-state index contributed by atoms with van der Waals surface area (Å²) < 4.78 is 11.5. The van der Waals surface area contributed by atoms with Gasteiger partial charge in [0.25, 0.3) is 5.79 Å². The number of carbonyl (C=O) groups excluding carboxylic acids is 1. The van der Waals surface area contributed by atoms with Crippen molar-refractivity contribution in [3.63, 3.8) is 0 Å². The van der Waals surface area contributed by atoms with Crippen LogP contribution in [0.1, 0.15) is 38.2 Å². The van der Waals surface area contributed by atoms with Gasteiger partial charge in [-0.25, -0.2) is 4.79 Å². The van der Waals surface area contributed by atoms with E-state index in [1.54, 1.807) is 6.08 Å². The summed E-state index contributed by atoms with van der Waals surface area (Å²) in [5.41, 5.74) is 2.46. The molecular weight excluding hydrogens is 348 g/mol. The average molecular weight is 372 g/mol. The number of allylic oxidation sites excluding steroid dienone is 3. The average Bonchev–Trinajstić information content (AvgIpc) is 2.96. The molecule has 3 N–H and O–H groups in total. The van der Waals surface area contributed by atoms with Crippen LogP contribution in [-0.4, -0.2) is 34.5 Å². The minimum absolute atomic E-state index is 0.0193. The third kappa shape index (κ3) is 4.23. The normalized spacial score (nSPS) is 27.8. The fraction of sp³-hybridized carbons (Fsp3) is 0.381. The Labute approximate surface area is 158 Å². The lowest BCUT2D eigenvalue weighted by atomic mass is 10.0. The molecule has 0 saturated heterocycles. The molecule has 2 heterocycles. The molecule has 3 rings (SSSR count). The van der Waals surface area contributed by atoms with Gasteiger partial charge in [-0.1, -0.05) is 17.7 Å². The number of aromatic hydroxyl groups is 2. The van der Waals surface area contributed by atoms with Crippen molar-refractivity contribution >= 4 is 5.97 Å². The highest BCUT2D eigenvalue weighted by atomic mass is 16.7. The smallest absolute Gasteiger partial charge is 0.336 e. The van der Waals surface area contributed by atoms with E-state index in [2.05, 4.69) is 6.08 Å². The number of hydrogen-bond acceptors (Lipinski definition) is 6. The zero-order valence-corrected chi connectivity index (χ0v) is 15.3. The first-order valence-electron chi connectivity index (χ1n) is 8.99. The fourth-order valence-corrected chi connectivity index (χ4v) is 3.23. The van der Waals surface area contributed by atoms with Crippen LogP contribution in [0.4, 0.5) is 0 Å². The summed E-state index contributed by atoms with van der Waals surface area (Å²) in [6, 6.07) is 3.97. The van der Waals surface area contributed by atoms with Crippen molar-refractivity contribution in [3.05, 3.63) is 58.7 Å². The zero-order chi connectivity index (χ0) is 19.4. The third-order valence-electron chi connectivity index (χ3n) is 4.78. The van der Waals surface area contributed by atoms with Crippen LogP contribution >= 0.6 is 0 Å². The van der Waals surface area contributed by atoms with Crippen LogP contribution in [0.5, 0.6) is 11.5 Å². The number of esters is 1. The number of carbonyl (C=O) groups is 1.